The molecule has 1 aromatic rings. The normalized spacial score (nSPS) is 22.4. The number of amides is 1. The molecular formula is C19H28ClN3O4S. The van der Waals surface area contributed by atoms with Crippen molar-refractivity contribution in [3.8, 4) is 0 Å². The second-order valence-electron chi connectivity index (χ2n) is 7.75. The standard InChI is InChI=1S/C19H27N3O4S.ClH/c20-19(6-12-26-13-7-19)18(23)21-8-10-22(11-9-21)27(24,25)17-5-4-15-2-1-3-16(15)14-17;/h4-5,14H,1-3,6-13,20H2;1H. The molecule has 0 atom stereocenters. The molecule has 1 aliphatic carbocycles. The van der Waals surface area contributed by atoms with Gasteiger partial charge in [-0.05, 0) is 55.4 Å². The van der Waals surface area contributed by atoms with Gasteiger partial charge in [0.25, 0.3) is 0 Å². The van der Waals surface area contributed by atoms with Crippen LogP contribution in [-0.4, -0.2) is 68.5 Å². The SMILES string of the molecule is Cl.NC1(C(=O)N2CCN(S(=O)(=O)c3ccc4c(c3)CCC4)CC2)CCOCC1. The molecule has 9 heteroatoms. The van der Waals surface area contributed by atoms with Crippen LogP contribution in [0.3, 0.4) is 0 Å². The maximum absolute atomic E-state index is 13.0. The molecule has 2 aliphatic heterocycles. The van der Waals surface area contributed by atoms with Gasteiger partial charge in [0.05, 0.1) is 10.4 Å². The lowest BCUT2D eigenvalue weighted by Gasteiger charge is -2.40. The van der Waals surface area contributed by atoms with Gasteiger partial charge in [-0.2, -0.15) is 4.31 Å². The number of benzene rings is 1. The van der Waals surface area contributed by atoms with E-state index in [9.17, 15) is 13.2 Å². The van der Waals surface area contributed by atoms with Crippen molar-refractivity contribution in [2.45, 2.75) is 42.5 Å². The number of piperazine rings is 1. The van der Waals surface area contributed by atoms with Crippen molar-refractivity contribution >= 4 is 28.3 Å². The molecule has 2 fully saturated rings. The number of halogens is 1. The highest BCUT2D eigenvalue weighted by Crippen LogP contribution is 2.27. The van der Waals surface area contributed by atoms with E-state index in [1.54, 1.807) is 11.0 Å². The first-order valence-corrected chi connectivity index (χ1v) is 11.1. The van der Waals surface area contributed by atoms with Gasteiger partial charge < -0.3 is 15.4 Å². The molecule has 1 aromatic carbocycles. The lowest BCUT2D eigenvalue weighted by molar-refractivity contribution is -0.141. The van der Waals surface area contributed by atoms with Crippen LogP contribution in [0.15, 0.2) is 23.1 Å². The van der Waals surface area contributed by atoms with Crippen LogP contribution in [0.4, 0.5) is 0 Å². The minimum atomic E-state index is -3.53. The van der Waals surface area contributed by atoms with E-state index in [2.05, 4.69) is 0 Å². The number of carbonyl (C=O) groups is 1. The van der Waals surface area contributed by atoms with Crippen LogP contribution in [0.25, 0.3) is 0 Å². The van der Waals surface area contributed by atoms with Gasteiger partial charge in [-0.3, -0.25) is 4.79 Å². The molecule has 28 heavy (non-hydrogen) atoms. The molecular weight excluding hydrogens is 402 g/mol. The van der Waals surface area contributed by atoms with Gasteiger partial charge in [-0.1, -0.05) is 6.07 Å². The molecule has 7 nitrogen and oxygen atoms in total. The van der Waals surface area contributed by atoms with Crippen molar-refractivity contribution in [3.63, 3.8) is 0 Å². The van der Waals surface area contributed by atoms with E-state index >= 15 is 0 Å². The van der Waals surface area contributed by atoms with Crippen LogP contribution in [0.2, 0.25) is 0 Å². The third-order valence-corrected chi connectivity index (χ3v) is 7.94. The van der Waals surface area contributed by atoms with E-state index < -0.39 is 15.6 Å². The maximum Gasteiger partial charge on any atom is 0.243 e. The van der Waals surface area contributed by atoms with Crippen LogP contribution in [0.5, 0.6) is 0 Å². The van der Waals surface area contributed by atoms with Gasteiger partial charge in [0.1, 0.15) is 0 Å². The van der Waals surface area contributed by atoms with E-state index in [1.807, 2.05) is 12.1 Å². The summed E-state index contributed by atoms with van der Waals surface area (Å²) in [5.41, 5.74) is 7.82. The van der Waals surface area contributed by atoms with E-state index in [0.29, 0.717) is 57.1 Å². The van der Waals surface area contributed by atoms with E-state index in [1.165, 1.54) is 9.87 Å². The van der Waals surface area contributed by atoms with Crippen molar-refractivity contribution in [2.75, 3.05) is 39.4 Å². The first-order chi connectivity index (χ1) is 12.9. The number of ether oxygens (including phenoxy) is 1. The lowest BCUT2D eigenvalue weighted by atomic mass is 9.89. The molecule has 0 saturated carbocycles. The third kappa shape index (κ3) is 3.93. The van der Waals surface area contributed by atoms with Gasteiger partial charge in [-0.25, -0.2) is 8.42 Å². The Morgan fingerprint density at radius 1 is 1.04 bits per heavy atom. The van der Waals surface area contributed by atoms with E-state index in [4.69, 9.17) is 10.5 Å². The average molecular weight is 430 g/mol. The highest BCUT2D eigenvalue weighted by molar-refractivity contribution is 7.89. The Bertz CT molecular complexity index is 832. The molecule has 2 N–H and O–H groups in total. The summed E-state index contributed by atoms with van der Waals surface area (Å²) in [6, 6.07) is 5.48. The zero-order valence-corrected chi connectivity index (χ0v) is 17.6. The van der Waals surface area contributed by atoms with Crippen molar-refractivity contribution in [3.05, 3.63) is 29.3 Å². The number of carbonyl (C=O) groups excluding carboxylic acids is 1. The van der Waals surface area contributed by atoms with Crippen LogP contribution in [0.1, 0.15) is 30.4 Å². The van der Waals surface area contributed by atoms with Crippen LogP contribution < -0.4 is 5.73 Å². The fraction of sp³-hybridized carbons (Fsp3) is 0.632. The summed E-state index contributed by atoms with van der Waals surface area (Å²) < 4.78 is 32.8. The number of sulfonamides is 1. The second-order valence-corrected chi connectivity index (χ2v) is 9.69. The Morgan fingerprint density at radius 2 is 1.68 bits per heavy atom. The van der Waals surface area contributed by atoms with Crippen molar-refractivity contribution in [1.29, 1.82) is 0 Å². The average Bonchev–Trinajstić information content (AvgIpc) is 3.16. The molecule has 0 radical (unpaired) electrons. The van der Waals surface area contributed by atoms with Crippen LogP contribution >= 0.6 is 12.4 Å². The molecule has 2 saturated heterocycles. The highest BCUT2D eigenvalue weighted by Gasteiger charge is 2.40. The highest BCUT2D eigenvalue weighted by atomic mass is 35.5. The van der Waals surface area contributed by atoms with E-state index in [-0.39, 0.29) is 18.3 Å². The molecule has 156 valence electrons. The fourth-order valence-corrected chi connectivity index (χ4v) is 5.73. The number of nitrogens with zero attached hydrogens (tertiary/aromatic N) is 2. The Hall–Kier alpha value is -1.19. The summed E-state index contributed by atoms with van der Waals surface area (Å²) in [6.45, 7) is 2.35. The monoisotopic (exact) mass is 429 g/mol. The molecule has 0 spiro atoms. The molecule has 0 bridgehead atoms. The Kier molecular flexibility index (Phi) is 6.36. The summed E-state index contributed by atoms with van der Waals surface area (Å²) in [4.78, 5) is 14.9. The lowest BCUT2D eigenvalue weighted by Crippen LogP contribution is -2.61. The molecule has 2 heterocycles. The topological polar surface area (TPSA) is 92.9 Å². The summed E-state index contributed by atoms with van der Waals surface area (Å²) in [6.07, 6.45) is 4.09. The van der Waals surface area contributed by atoms with Crippen LogP contribution in [-0.2, 0) is 32.4 Å². The fourth-order valence-electron chi connectivity index (χ4n) is 4.25. The van der Waals surface area contributed by atoms with Crippen molar-refractivity contribution < 1.29 is 17.9 Å². The minimum Gasteiger partial charge on any atom is -0.381 e. The molecule has 3 aliphatic rings. The van der Waals surface area contributed by atoms with Gasteiger partial charge in [0.2, 0.25) is 15.9 Å². The predicted molar refractivity (Wildman–Crippen MR) is 108 cm³/mol. The summed E-state index contributed by atoms with van der Waals surface area (Å²) in [5, 5.41) is 0. The quantitative estimate of drug-likeness (QED) is 0.771. The van der Waals surface area contributed by atoms with Gasteiger partial charge >= 0.3 is 0 Å². The van der Waals surface area contributed by atoms with Gasteiger partial charge in [0.15, 0.2) is 0 Å². The summed E-state index contributed by atoms with van der Waals surface area (Å²) >= 11 is 0. The first kappa shape index (κ1) is 21.5. The predicted octanol–water partition coefficient (Wildman–Crippen LogP) is 0.938. The zero-order chi connectivity index (χ0) is 19.1. The van der Waals surface area contributed by atoms with Crippen molar-refractivity contribution in [1.82, 2.24) is 9.21 Å². The summed E-state index contributed by atoms with van der Waals surface area (Å²) in [7, 11) is -3.53. The second kappa shape index (κ2) is 8.28. The number of rotatable bonds is 3. The molecule has 4 rings (SSSR count). The number of hydrogen-bond donors (Lipinski definition) is 1. The van der Waals surface area contributed by atoms with Crippen molar-refractivity contribution in [2.24, 2.45) is 5.73 Å². The number of nitrogens with two attached hydrogens (primary N) is 1. The largest absolute Gasteiger partial charge is 0.381 e. The third-order valence-electron chi connectivity index (χ3n) is 6.04. The maximum atomic E-state index is 13.0. The molecule has 0 unspecified atom stereocenters. The van der Waals surface area contributed by atoms with Gasteiger partial charge in [0, 0.05) is 39.4 Å². The number of aryl methyl sites for hydroxylation is 2. The van der Waals surface area contributed by atoms with E-state index in [0.717, 1.165) is 24.8 Å². The Balaban J connectivity index is 0.00000225. The first-order valence-electron chi connectivity index (χ1n) is 9.68. The van der Waals surface area contributed by atoms with Crippen LogP contribution in [0, 0.1) is 0 Å². The zero-order valence-electron chi connectivity index (χ0n) is 15.9. The smallest absolute Gasteiger partial charge is 0.243 e. The number of fused-ring (bicyclic) bond motifs is 1. The summed E-state index contributed by atoms with van der Waals surface area (Å²) in [5.74, 6) is -0.0830. The van der Waals surface area contributed by atoms with Gasteiger partial charge in [-0.15, -0.1) is 12.4 Å². The Morgan fingerprint density at radius 3 is 2.36 bits per heavy atom. The molecule has 0 aromatic heterocycles. The number of hydrogen-bond acceptors (Lipinski definition) is 5. The Labute approximate surface area is 172 Å². The minimum absolute atomic E-state index is 0. The molecule has 1 amide bonds.